The summed E-state index contributed by atoms with van der Waals surface area (Å²) in [6, 6.07) is 16.0. The van der Waals surface area contributed by atoms with E-state index in [1.807, 2.05) is 32.0 Å². The fourth-order valence-corrected chi connectivity index (χ4v) is 4.55. The Morgan fingerprint density at radius 2 is 1.59 bits per heavy atom. The Balaban J connectivity index is 2.33. The molecule has 0 saturated carbocycles. The largest absolute Gasteiger partial charge is 0.601 e. The van der Waals surface area contributed by atoms with E-state index in [9.17, 15) is 13.2 Å². The number of thiophene rings is 1. The molecule has 0 bridgehead atoms. The fourth-order valence-electron chi connectivity index (χ4n) is 2.58. The number of hydrogen-bond donors (Lipinski definition) is 0. The van der Waals surface area contributed by atoms with Crippen molar-refractivity contribution in [3.8, 4) is 10.4 Å². The maximum absolute atomic E-state index is 13.7. The summed E-state index contributed by atoms with van der Waals surface area (Å²) in [6.07, 6.45) is 0. The molecule has 0 aliphatic rings. The van der Waals surface area contributed by atoms with Crippen molar-refractivity contribution in [3.63, 3.8) is 0 Å². The van der Waals surface area contributed by atoms with Crippen molar-refractivity contribution in [2.45, 2.75) is 25.3 Å². The Kier molecular flexibility index (Phi) is 3.73. The molecule has 1 unspecified atom stereocenters. The van der Waals surface area contributed by atoms with Crippen LogP contribution in [-0.2, 0) is 5.51 Å². The number of fused-ring (bicyclic) bond motifs is 1. The molecule has 3 aromatic rings. The second-order valence-corrected chi connectivity index (χ2v) is 7.53. The molecule has 1 aromatic heterocycles. The average Bonchev–Trinajstić information content (AvgIpc) is 2.86. The second kappa shape index (κ2) is 5.43. The summed E-state index contributed by atoms with van der Waals surface area (Å²) >= 11 is 0. The molecule has 22 heavy (non-hydrogen) atoms. The van der Waals surface area contributed by atoms with Crippen LogP contribution in [0, 0.1) is 0 Å². The summed E-state index contributed by atoms with van der Waals surface area (Å²) < 4.78 is 41.4. The lowest BCUT2D eigenvalue weighted by Gasteiger charge is -2.04. The van der Waals surface area contributed by atoms with Gasteiger partial charge in [0, 0.05) is 23.1 Å². The van der Waals surface area contributed by atoms with Crippen LogP contribution >= 0.6 is 10.5 Å². The highest BCUT2D eigenvalue weighted by Gasteiger charge is 2.48. The summed E-state index contributed by atoms with van der Waals surface area (Å²) in [6.45, 7) is 3.99. The van der Waals surface area contributed by atoms with Crippen molar-refractivity contribution in [1.82, 2.24) is 0 Å². The molecular formula is C18H16F3S+. The van der Waals surface area contributed by atoms with Gasteiger partial charge in [-0.3, -0.25) is 0 Å². The smallest absolute Gasteiger partial charge is 0.118 e. The molecular weight excluding hydrogens is 305 g/mol. The molecule has 0 amide bonds. The lowest BCUT2D eigenvalue weighted by Crippen LogP contribution is -1.97. The van der Waals surface area contributed by atoms with E-state index in [-0.39, 0.29) is 5.92 Å². The zero-order valence-electron chi connectivity index (χ0n) is 12.3. The Morgan fingerprint density at radius 3 is 2.18 bits per heavy atom. The van der Waals surface area contributed by atoms with Crippen LogP contribution in [0.15, 0.2) is 54.6 Å². The minimum atomic E-state index is -4.26. The van der Waals surface area contributed by atoms with Crippen LogP contribution in [0.1, 0.15) is 25.3 Å². The van der Waals surface area contributed by atoms with Gasteiger partial charge in [0.05, 0.1) is 0 Å². The van der Waals surface area contributed by atoms with Gasteiger partial charge in [0.1, 0.15) is 10.5 Å². The normalized spacial score (nSPS) is 13.1. The van der Waals surface area contributed by atoms with Gasteiger partial charge in [0.15, 0.2) is 9.58 Å². The van der Waals surface area contributed by atoms with Crippen LogP contribution < -0.4 is 0 Å². The number of hydrogen-bond acceptors (Lipinski definition) is 0. The minimum Gasteiger partial charge on any atom is -0.118 e. The van der Waals surface area contributed by atoms with Crippen LogP contribution in [0.3, 0.4) is 0 Å². The first-order valence-corrected chi connectivity index (χ1v) is 8.32. The summed E-state index contributed by atoms with van der Waals surface area (Å²) in [5, 5.41) is 0.684. The Hall–Kier alpha value is -1.81. The molecule has 0 fully saturated rings. The average molecular weight is 321 g/mol. The number of halogens is 3. The predicted octanol–water partition coefficient (Wildman–Crippen LogP) is 6.86. The molecule has 0 aliphatic heterocycles. The maximum atomic E-state index is 13.7. The van der Waals surface area contributed by atoms with E-state index in [2.05, 4.69) is 0 Å². The molecule has 2 aromatic carbocycles. The standard InChI is InChI=1S/C18H16F3S/c1-12(2)14-8-9-15-11-16(13-6-4-3-5-7-13)22(17(15)10-14)18(19,20)21/h3-12H,1-2H3/q+1. The van der Waals surface area contributed by atoms with Gasteiger partial charge in [0.2, 0.25) is 0 Å². The third kappa shape index (κ3) is 2.63. The third-order valence-electron chi connectivity index (χ3n) is 3.72. The monoisotopic (exact) mass is 321 g/mol. The van der Waals surface area contributed by atoms with E-state index in [0.29, 0.717) is 20.5 Å². The van der Waals surface area contributed by atoms with Crippen LogP contribution in [0.25, 0.3) is 20.5 Å². The second-order valence-electron chi connectivity index (χ2n) is 5.58. The number of benzene rings is 2. The van der Waals surface area contributed by atoms with Crippen LogP contribution in [-0.4, -0.2) is 0 Å². The first-order chi connectivity index (χ1) is 10.4. The summed E-state index contributed by atoms with van der Waals surface area (Å²) in [5.41, 5.74) is -2.67. The first-order valence-electron chi connectivity index (χ1n) is 7.10. The van der Waals surface area contributed by atoms with Gasteiger partial charge >= 0.3 is 5.51 Å². The van der Waals surface area contributed by atoms with E-state index in [0.717, 1.165) is 5.56 Å². The number of alkyl halides is 3. The molecule has 0 spiro atoms. The first kappa shape index (κ1) is 15.1. The van der Waals surface area contributed by atoms with Crippen molar-refractivity contribution in [3.05, 3.63) is 60.2 Å². The van der Waals surface area contributed by atoms with Crippen LogP contribution in [0.5, 0.6) is 0 Å². The van der Waals surface area contributed by atoms with Gasteiger partial charge in [0.25, 0.3) is 0 Å². The molecule has 0 nitrogen and oxygen atoms in total. The fraction of sp³-hybridized carbons (Fsp3) is 0.222. The number of rotatable bonds is 2. The highest BCUT2D eigenvalue weighted by Crippen LogP contribution is 2.54. The molecule has 0 radical (unpaired) electrons. The van der Waals surface area contributed by atoms with Crippen molar-refractivity contribution in [1.29, 1.82) is 0 Å². The lowest BCUT2D eigenvalue weighted by atomic mass is 10.0. The van der Waals surface area contributed by atoms with Crippen molar-refractivity contribution >= 4 is 20.6 Å². The summed E-state index contributed by atoms with van der Waals surface area (Å²) in [5.74, 6) is 0.213. The maximum Gasteiger partial charge on any atom is 0.601 e. The molecule has 114 valence electrons. The topological polar surface area (TPSA) is 0 Å². The lowest BCUT2D eigenvalue weighted by molar-refractivity contribution is -0.0864. The van der Waals surface area contributed by atoms with Gasteiger partial charge in [-0.2, -0.15) is 0 Å². The van der Waals surface area contributed by atoms with Gasteiger partial charge < -0.3 is 0 Å². The molecule has 0 aliphatic carbocycles. The minimum absolute atomic E-state index is 0.213. The van der Waals surface area contributed by atoms with Gasteiger partial charge in [-0.1, -0.05) is 38.1 Å². The third-order valence-corrected chi connectivity index (χ3v) is 5.77. The van der Waals surface area contributed by atoms with Crippen molar-refractivity contribution in [2.24, 2.45) is 0 Å². The molecule has 1 atom stereocenters. The Labute approximate surface area is 130 Å². The molecule has 1 heterocycles. The van der Waals surface area contributed by atoms with Crippen molar-refractivity contribution < 1.29 is 13.2 Å². The summed E-state index contributed by atoms with van der Waals surface area (Å²) in [7, 11) is -1.87. The van der Waals surface area contributed by atoms with Gasteiger partial charge in [-0.15, -0.1) is 13.2 Å². The molecule has 0 N–H and O–H groups in total. The van der Waals surface area contributed by atoms with E-state index in [1.54, 1.807) is 36.4 Å². The Morgan fingerprint density at radius 1 is 0.909 bits per heavy atom. The summed E-state index contributed by atoms with van der Waals surface area (Å²) in [4.78, 5) is 0.365. The van der Waals surface area contributed by atoms with E-state index >= 15 is 0 Å². The van der Waals surface area contributed by atoms with Crippen LogP contribution in [0.4, 0.5) is 13.2 Å². The quantitative estimate of drug-likeness (QED) is 0.452. The van der Waals surface area contributed by atoms with E-state index < -0.39 is 16.0 Å². The van der Waals surface area contributed by atoms with E-state index in [1.165, 1.54) is 0 Å². The van der Waals surface area contributed by atoms with Crippen LogP contribution in [0.2, 0.25) is 0 Å². The zero-order chi connectivity index (χ0) is 15.9. The molecule has 3 rings (SSSR count). The SMILES string of the molecule is CC(C)c1ccc2cc(-c3ccccc3)[s+](C(F)(F)F)c2c1. The highest BCUT2D eigenvalue weighted by atomic mass is 32.2. The predicted molar refractivity (Wildman–Crippen MR) is 87.3 cm³/mol. The van der Waals surface area contributed by atoms with E-state index in [4.69, 9.17) is 0 Å². The van der Waals surface area contributed by atoms with Gasteiger partial charge in [-0.25, -0.2) is 0 Å². The molecule has 4 heteroatoms. The molecule has 0 saturated heterocycles. The zero-order valence-corrected chi connectivity index (χ0v) is 13.1. The Bertz CT molecular complexity index is 798. The highest BCUT2D eigenvalue weighted by molar-refractivity contribution is 7.41. The van der Waals surface area contributed by atoms with Gasteiger partial charge in [-0.05, 0) is 29.7 Å². The van der Waals surface area contributed by atoms with Crippen molar-refractivity contribution in [2.75, 3.05) is 0 Å².